The molecule has 0 aliphatic heterocycles. The Morgan fingerprint density at radius 3 is 2.30 bits per heavy atom. The Labute approximate surface area is 159 Å². The summed E-state index contributed by atoms with van der Waals surface area (Å²) in [5.74, 6) is 0.141. The number of rotatable bonds is 1. The summed E-state index contributed by atoms with van der Waals surface area (Å²) in [5.41, 5.74) is 8.36. The van der Waals surface area contributed by atoms with Crippen LogP contribution in [0.2, 0.25) is 0 Å². The summed E-state index contributed by atoms with van der Waals surface area (Å²) in [6.07, 6.45) is 3.71. The van der Waals surface area contributed by atoms with E-state index in [4.69, 9.17) is 0 Å². The van der Waals surface area contributed by atoms with Crippen LogP contribution in [0.4, 0.5) is 0 Å². The lowest BCUT2D eigenvalue weighted by molar-refractivity contribution is -0.116. The van der Waals surface area contributed by atoms with Crippen molar-refractivity contribution in [2.24, 2.45) is 0 Å². The number of allylic oxidation sites excluding steroid dienone is 3. The molecular formula is C26H20O. The maximum absolute atomic E-state index is 13.6. The molecule has 27 heavy (non-hydrogen) atoms. The van der Waals surface area contributed by atoms with E-state index in [-0.39, 0.29) is 5.78 Å². The smallest absolute Gasteiger partial charge is 0.175 e. The Hall–Kier alpha value is -3.19. The minimum atomic E-state index is -0.764. The van der Waals surface area contributed by atoms with Gasteiger partial charge in [-0.1, -0.05) is 84.4 Å². The molecule has 0 N–H and O–H groups in total. The molecule has 0 fully saturated rings. The predicted molar refractivity (Wildman–Crippen MR) is 111 cm³/mol. The molecule has 130 valence electrons. The second-order valence-corrected chi connectivity index (χ2v) is 7.45. The molecule has 1 atom stereocenters. The third kappa shape index (κ3) is 2.03. The maximum atomic E-state index is 13.6. The number of benzene rings is 3. The first-order valence-electron chi connectivity index (χ1n) is 9.34. The summed E-state index contributed by atoms with van der Waals surface area (Å²) < 4.78 is 0. The van der Waals surface area contributed by atoms with E-state index in [2.05, 4.69) is 56.3 Å². The third-order valence-corrected chi connectivity index (χ3v) is 5.94. The topological polar surface area (TPSA) is 17.1 Å². The molecule has 0 bridgehead atoms. The molecule has 1 heteroatoms. The van der Waals surface area contributed by atoms with Crippen molar-refractivity contribution in [1.29, 1.82) is 0 Å². The van der Waals surface area contributed by atoms with Gasteiger partial charge in [-0.15, -0.1) is 0 Å². The summed E-state index contributed by atoms with van der Waals surface area (Å²) >= 11 is 0. The zero-order chi connectivity index (χ0) is 18.6. The van der Waals surface area contributed by atoms with E-state index in [0.717, 1.165) is 27.8 Å². The summed E-state index contributed by atoms with van der Waals surface area (Å²) in [6.45, 7) is 4.26. The molecule has 5 rings (SSSR count). The Morgan fingerprint density at radius 1 is 0.741 bits per heavy atom. The molecule has 1 nitrogen and oxygen atoms in total. The van der Waals surface area contributed by atoms with Crippen molar-refractivity contribution in [3.63, 3.8) is 0 Å². The number of ketones is 1. The first-order chi connectivity index (χ1) is 13.1. The molecule has 3 aromatic rings. The molecule has 0 aromatic heterocycles. The maximum Gasteiger partial charge on any atom is 0.175 e. The van der Waals surface area contributed by atoms with Gasteiger partial charge < -0.3 is 0 Å². The molecule has 2 aliphatic rings. The van der Waals surface area contributed by atoms with Crippen LogP contribution in [0.25, 0.3) is 17.2 Å². The van der Waals surface area contributed by atoms with Gasteiger partial charge in [-0.2, -0.15) is 0 Å². The summed E-state index contributed by atoms with van der Waals surface area (Å²) in [6, 6.07) is 25.1. The van der Waals surface area contributed by atoms with Crippen LogP contribution >= 0.6 is 0 Å². The zero-order valence-corrected chi connectivity index (χ0v) is 15.5. The first kappa shape index (κ1) is 16.0. The van der Waals surface area contributed by atoms with Gasteiger partial charge in [0.1, 0.15) is 5.41 Å². The lowest BCUT2D eigenvalue weighted by Gasteiger charge is -2.36. The van der Waals surface area contributed by atoms with Gasteiger partial charge in [-0.05, 0) is 58.9 Å². The quantitative estimate of drug-likeness (QED) is 0.541. The average Bonchev–Trinajstić information content (AvgIpc) is 2.95. The lowest BCUT2D eigenvalue weighted by Crippen LogP contribution is -2.38. The van der Waals surface area contributed by atoms with Crippen molar-refractivity contribution in [2.75, 3.05) is 0 Å². The van der Waals surface area contributed by atoms with E-state index < -0.39 is 5.41 Å². The number of carbonyl (C=O) groups excluding carboxylic acids is 1. The predicted octanol–water partition coefficient (Wildman–Crippen LogP) is 5.82. The molecule has 3 aromatic carbocycles. The van der Waals surface area contributed by atoms with Crippen molar-refractivity contribution in [3.05, 3.63) is 112 Å². The largest absolute Gasteiger partial charge is 0.293 e. The minimum Gasteiger partial charge on any atom is -0.293 e. The van der Waals surface area contributed by atoms with Crippen LogP contribution < -0.4 is 0 Å². The highest BCUT2D eigenvalue weighted by Crippen LogP contribution is 2.57. The van der Waals surface area contributed by atoms with Gasteiger partial charge in [0.25, 0.3) is 0 Å². The van der Waals surface area contributed by atoms with E-state index in [9.17, 15) is 4.79 Å². The van der Waals surface area contributed by atoms with Gasteiger partial charge in [0.2, 0.25) is 0 Å². The first-order valence-corrected chi connectivity index (χ1v) is 9.34. The van der Waals surface area contributed by atoms with Crippen LogP contribution in [0.3, 0.4) is 0 Å². The highest BCUT2D eigenvalue weighted by atomic mass is 16.1. The third-order valence-electron chi connectivity index (χ3n) is 5.94. The van der Waals surface area contributed by atoms with E-state index in [1.54, 1.807) is 6.08 Å². The number of carbonyl (C=O) groups is 1. The number of aryl methyl sites for hydroxylation is 1. The molecule has 0 saturated carbocycles. The van der Waals surface area contributed by atoms with Gasteiger partial charge in [0.05, 0.1) is 0 Å². The minimum absolute atomic E-state index is 0.141. The lowest BCUT2D eigenvalue weighted by atomic mass is 9.63. The van der Waals surface area contributed by atoms with Gasteiger partial charge in [0.15, 0.2) is 5.78 Å². The molecule has 1 spiro atoms. The summed E-state index contributed by atoms with van der Waals surface area (Å²) in [7, 11) is 0. The molecule has 1 unspecified atom stereocenters. The van der Waals surface area contributed by atoms with E-state index in [0.29, 0.717) is 0 Å². The van der Waals surface area contributed by atoms with Gasteiger partial charge >= 0.3 is 0 Å². The fraction of sp³-hybridized carbons (Fsp3) is 0.115. The molecule has 0 radical (unpaired) electrons. The monoisotopic (exact) mass is 348 g/mol. The standard InChI is InChI=1S/C26H20O/c1-17-12-14-23-21(16-17)18(2)25(20-9-4-3-5-10-20)26(23)22-11-7-6-8-19(22)13-15-24(26)27/h3-16H,1-2H3. The van der Waals surface area contributed by atoms with E-state index in [1.165, 1.54) is 16.7 Å². The highest BCUT2D eigenvalue weighted by Gasteiger charge is 2.52. The van der Waals surface area contributed by atoms with Crippen LogP contribution in [0.1, 0.15) is 40.3 Å². The fourth-order valence-corrected chi connectivity index (χ4v) is 4.83. The summed E-state index contributed by atoms with van der Waals surface area (Å²) in [5, 5.41) is 0. The molecule has 0 amide bonds. The van der Waals surface area contributed by atoms with Crippen LogP contribution in [0, 0.1) is 6.92 Å². The Kier molecular flexibility index (Phi) is 3.35. The molecular weight excluding hydrogens is 328 g/mol. The molecule has 0 saturated heterocycles. The second kappa shape index (κ2) is 5.65. The Balaban J connectivity index is 1.96. The van der Waals surface area contributed by atoms with Crippen molar-refractivity contribution >= 4 is 23.0 Å². The number of hydrogen-bond acceptors (Lipinski definition) is 1. The Bertz CT molecular complexity index is 1150. The highest BCUT2D eigenvalue weighted by molar-refractivity contribution is 6.22. The zero-order valence-electron chi connectivity index (χ0n) is 15.5. The normalized spacial score (nSPS) is 20.1. The van der Waals surface area contributed by atoms with Crippen molar-refractivity contribution in [1.82, 2.24) is 0 Å². The molecule has 2 aliphatic carbocycles. The second-order valence-electron chi connectivity index (χ2n) is 7.45. The SMILES string of the molecule is CC1=C(c2ccccc2)C2(C(=O)C=Cc3ccccc32)c2ccc(C)cc21. The van der Waals surface area contributed by atoms with Gasteiger partial charge in [-0.3, -0.25) is 4.79 Å². The molecule has 0 heterocycles. The van der Waals surface area contributed by atoms with Crippen molar-refractivity contribution < 1.29 is 4.79 Å². The van der Waals surface area contributed by atoms with Crippen LogP contribution in [-0.2, 0) is 10.2 Å². The van der Waals surface area contributed by atoms with E-state index in [1.807, 2.05) is 36.4 Å². The van der Waals surface area contributed by atoms with Crippen LogP contribution in [0.15, 0.2) is 78.9 Å². The number of hydrogen-bond donors (Lipinski definition) is 0. The van der Waals surface area contributed by atoms with Gasteiger partial charge in [-0.25, -0.2) is 0 Å². The summed E-state index contributed by atoms with van der Waals surface area (Å²) in [4.78, 5) is 13.6. The van der Waals surface area contributed by atoms with Crippen LogP contribution in [-0.4, -0.2) is 5.78 Å². The van der Waals surface area contributed by atoms with Crippen molar-refractivity contribution in [3.8, 4) is 0 Å². The van der Waals surface area contributed by atoms with Crippen LogP contribution in [0.5, 0.6) is 0 Å². The number of fused-ring (bicyclic) bond motifs is 4. The fourth-order valence-electron chi connectivity index (χ4n) is 4.83. The Morgan fingerprint density at radius 2 is 1.48 bits per heavy atom. The van der Waals surface area contributed by atoms with Gasteiger partial charge in [0, 0.05) is 0 Å². The van der Waals surface area contributed by atoms with E-state index >= 15 is 0 Å². The average molecular weight is 348 g/mol. The van der Waals surface area contributed by atoms with Crippen molar-refractivity contribution in [2.45, 2.75) is 19.3 Å².